The summed E-state index contributed by atoms with van der Waals surface area (Å²) in [5.41, 5.74) is 0.906. The molecule has 0 fully saturated rings. The largest absolute Gasteiger partial charge is 0.353 e. The lowest BCUT2D eigenvalue weighted by Gasteiger charge is -2.13. The van der Waals surface area contributed by atoms with Crippen LogP contribution in [0.3, 0.4) is 0 Å². The van der Waals surface area contributed by atoms with Gasteiger partial charge in [-0.25, -0.2) is 9.97 Å². The van der Waals surface area contributed by atoms with Crippen LogP contribution in [0.4, 0.5) is 0 Å². The van der Waals surface area contributed by atoms with Crippen molar-refractivity contribution < 1.29 is 4.79 Å². The smallest absolute Gasteiger partial charge is 0.230 e. The Morgan fingerprint density at radius 2 is 2.08 bits per heavy atom. The third-order valence-electron chi connectivity index (χ3n) is 3.78. The molecule has 1 amide bonds. The number of thiophene rings is 1. The molecule has 2 aromatic heterocycles. The van der Waals surface area contributed by atoms with Crippen LogP contribution in [-0.4, -0.2) is 27.7 Å². The number of thioether (sulfide) groups is 1. The minimum Gasteiger partial charge on any atom is -0.353 e. The van der Waals surface area contributed by atoms with Crippen LogP contribution in [0.5, 0.6) is 0 Å². The fraction of sp³-hybridized carbons (Fsp3) is 0.316. The van der Waals surface area contributed by atoms with Crippen molar-refractivity contribution in [3.63, 3.8) is 0 Å². The van der Waals surface area contributed by atoms with Gasteiger partial charge in [0, 0.05) is 11.4 Å². The zero-order valence-corrected chi connectivity index (χ0v) is 16.0. The number of nitrogens with one attached hydrogen (secondary N) is 1. The molecule has 6 heteroatoms. The van der Waals surface area contributed by atoms with E-state index in [1.54, 1.807) is 11.3 Å². The molecule has 4 nitrogen and oxygen atoms in total. The van der Waals surface area contributed by atoms with Gasteiger partial charge in [-0.05, 0) is 30.9 Å². The van der Waals surface area contributed by atoms with Crippen LogP contribution in [0.15, 0.2) is 46.8 Å². The maximum absolute atomic E-state index is 12.2. The van der Waals surface area contributed by atoms with Crippen molar-refractivity contribution in [3.05, 3.63) is 41.8 Å². The van der Waals surface area contributed by atoms with Gasteiger partial charge in [-0.2, -0.15) is 0 Å². The van der Waals surface area contributed by atoms with Gasteiger partial charge < -0.3 is 5.32 Å². The molecule has 25 heavy (non-hydrogen) atoms. The average molecular weight is 372 g/mol. The van der Waals surface area contributed by atoms with Gasteiger partial charge in [0.05, 0.1) is 16.1 Å². The van der Waals surface area contributed by atoms with Gasteiger partial charge in [0.15, 0.2) is 5.82 Å². The van der Waals surface area contributed by atoms with E-state index in [0.29, 0.717) is 5.75 Å². The summed E-state index contributed by atoms with van der Waals surface area (Å²) in [6, 6.07) is 12.2. The molecule has 2 heterocycles. The number of rotatable bonds is 7. The Balaban J connectivity index is 1.81. The van der Waals surface area contributed by atoms with E-state index < -0.39 is 0 Å². The number of nitrogens with zero attached hydrogens (tertiary/aromatic N) is 2. The van der Waals surface area contributed by atoms with E-state index >= 15 is 0 Å². The number of carbonyl (C=O) groups is 1. The van der Waals surface area contributed by atoms with E-state index in [1.165, 1.54) is 11.8 Å². The molecule has 1 unspecified atom stereocenters. The predicted molar refractivity (Wildman–Crippen MR) is 106 cm³/mol. The Hall–Kier alpha value is -1.92. The first-order chi connectivity index (χ1) is 12.2. The fourth-order valence-electron chi connectivity index (χ4n) is 2.63. The molecule has 1 atom stereocenters. The Morgan fingerprint density at radius 1 is 1.24 bits per heavy atom. The highest BCUT2D eigenvalue weighted by Gasteiger charge is 2.13. The van der Waals surface area contributed by atoms with E-state index in [1.807, 2.05) is 48.7 Å². The summed E-state index contributed by atoms with van der Waals surface area (Å²) in [5.74, 6) is 1.13. The van der Waals surface area contributed by atoms with Crippen LogP contribution < -0.4 is 5.32 Å². The minimum absolute atomic E-state index is 0.0475. The number of hydrogen-bond donors (Lipinski definition) is 1. The van der Waals surface area contributed by atoms with Crippen LogP contribution in [0.1, 0.15) is 26.7 Å². The SMILES string of the molecule is CCCC(C)NC(=O)CSc1nc(-c2cccs2)nc2ccccc12. The van der Waals surface area contributed by atoms with E-state index in [4.69, 9.17) is 4.98 Å². The van der Waals surface area contributed by atoms with E-state index in [0.717, 1.165) is 39.5 Å². The summed E-state index contributed by atoms with van der Waals surface area (Å²) in [7, 11) is 0. The lowest BCUT2D eigenvalue weighted by atomic mass is 10.2. The topological polar surface area (TPSA) is 54.9 Å². The molecule has 3 aromatic rings. The highest BCUT2D eigenvalue weighted by Crippen LogP contribution is 2.29. The van der Waals surface area contributed by atoms with Crippen LogP contribution in [-0.2, 0) is 4.79 Å². The van der Waals surface area contributed by atoms with Gasteiger partial charge in [-0.3, -0.25) is 4.79 Å². The van der Waals surface area contributed by atoms with Crippen molar-refractivity contribution in [3.8, 4) is 10.7 Å². The van der Waals surface area contributed by atoms with Gasteiger partial charge >= 0.3 is 0 Å². The molecule has 0 aliphatic heterocycles. The van der Waals surface area contributed by atoms with Crippen LogP contribution in [0.2, 0.25) is 0 Å². The van der Waals surface area contributed by atoms with Gasteiger partial charge in [0.25, 0.3) is 0 Å². The summed E-state index contributed by atoms with van der Waals surface area (Å²) in [6.07, 6.45) is 2.06. The second-order valence-corrected chi connectivity index (χ2v) is 7.80. The van der Waals surface area contributed by atoms with Crippen molar-refractivity contribution in [2.24, 2.45) is 0 Å². The molecule has 0 radical (unpaired) electrons. The molecule has 0 spiro atoms. The summed E-state index contributed by atoms with van der Waals surface area (Å²) < 4.78 is 0. The molecule has 0 saturated carbocycles. The van der Waals surface area contributed by atoms with E-state index in [9.17, 15) is 4.79 Å². The van der Waals surface area contributed by atoms with Crippen LogP contribution in [0, 0.1) is 0 Å². The number of aromatic nitrogens is 2. The first-order valence-corrected chi connectivity index (χ1v) is 10.3. The van der Waals surface area contributed by atoms with E-state index in [2.05, 4.69) is 17.2 Å². The van der Waals surface area contributed by atoms with Crippen molar-refractivity contribution in [2.45, 2.75) is 37.8 Å². The predicted octanol–water partition coefficient (Wildman–Crippen LogP) is 4.76. The summed E-state index contributed by atoms with van der Waals surface area (Å²) >= 11 is 3.09. The Bertz CT molecular complexity index is 849. The number of fused-ring (bicyclic) bond motifs is 1. The molecular formula is C19H21N3OS2. The maximum atomic E-state index is 12.2. The van der Waals surface area contributed by atoms with Crippen molar-refractivity contribution in [1.29, 1.82) is 0 Å². The number of amides is 1. The summed E-state index contributed by atoms with van der Waals surface area (Å²) in [4.78, 5) is 22.6. The quantitative estimate of drug-likeness (QED) is 0.481. The Morgan fingerprint density at radius 3 is 2.84 bits per heavy atom. The molecular weight excluding hydrogens is 350 g/mol. The molecule has 1 aromatic carbocycles. The van der Waals surface area contributed by atoms with Gasteiger partial charge in [0.2, 0.25) is 5.91 Å². The normalized spacial score (nSPS) is 12.2. The van der Waals surface area contributed by atoms with Gasteiger partial charge in [-0.15, -0.1) is 11.3 Å². The lowest BCUT2D eigenvalue weighted by molar-refractivity contribution is -0.119. The first-order valence-electron chi connectivity index (χ1n) is 8.40. The molecule has 130 valence electrons. The third-order valence-corrected chi connectivity index (χ3v) is 5.64. The highest BCUT2D eigenvalue weighted by molar-refractivity contribution is 8.00. The number of benzene rings is 1. The van der Waals surface area contributed by atoms with Crippen molar-refractivity contribution in [2.75, 3.05) is 5.75 Å². The molecule has 0 bridgehead atoms. The van der Waals surface area contributed by atoms with Crippen molar-refractivity contribution in [1.82, 2.24) is 15.3 Å². The third kappa shape index (κ3) is 4.58. The summed E-state index contributed by atoms with van der Waals surface area (Å²) in [5, 5.41) is 6.90. The Kier molecular flexibility index (Phi) is 6.04. The molecule has 1 N–H and O–H groups in total. The number of para-hydroxylation sites is 1. The average Bonchev–Trinajstić information content (AvgIpc) is 3.14. The Labute approximate surface area is 156 Å². The monoisotopic (exact) mass is 371 g/mol. The van der Waals surface area contributed by atoms with Crippen molar-refractivity contribution >= 4 is 39.9 Å². The van der Waals surface area contributed by atoms with Gasteiger partial charge in [0.1, 0.15) is 5.03 Å². The molecule has 0 aliphatic rings. The molecule has 3 rings (SSSR count). The zero-order valence-electron chi connectivity index (χ0n) is 14.4. The minimum atomic E-state index is 0.0475. The summed E-state index contributed by atoms with van der Waals surface area (Å²) in [6.45, 7) is 4.16. The molecule has 0 saturated heterocycles. The van der Waals surface area contributed by atoms with Crippen LogP contribution in [0.25, 0.3) is 21.6 Å². The first kappa shape index (κ1) is 17.9. The maximum Gasteiger partial charge on any atom is 0.230 e. The number of carbonyl (C=O) groups excluding carboxylic acids is 1. The van der Waals surface area contributed by atoms with Crippen LogP contribution >= 0.6 is 23.1 Å². The highest BCUT2D eigenvalue weighted by atomic mass is 32.2. The molecule has 0 aliphatic carbocycles. The lowest BCUT2D eigenvalue weighted by Crippen LogP contribution is -2.33. The second kappa shape index (κ2) is 8.45. The van der Waals surface area contributed by atoms with Gasteiger partial charge in [-0.1, -0.05) is 49.4 Å². The zero-order chi connectivity index (χ0) is 17.6. The number of hydrogen-bond acceptors (Lipinski definition) is 5. The second-order valence-electron chi connectivity index (χ2n) is 5.89. The standard InChI is InChI=1S/C19H21N3OS2/c1-3-7-13(2)20-17(23)12-25-19-14-8-4-5-9-15(14)21-18(22-19)16-10-6-11-24-16/h4-6,8-11,13H,3,7,12H2,1-2H3,(H,20,23). The fourth-order valence-corrected chi connectivity index (χ4v) is 4.12. The van der Waals surface area contributed by atoms with E-state index in [-0.39, 0.29) is 11.9 Å².